The van der Waals surface area contributed by atoms with E-state index in [2.05, 4.69) is 25.6 Å². The van der Waals surface area contributed by atoms with Crippen molar-refractivity contribution < 1.29 is 13.2 Å². The van der Waals surface area contributed by atoms with Gasteiger partial charge in [-0.3, -0.25) is 4.98 Å². The van der Waals surface area contributed by atoms with Crippen molar-refractivity contribution in [3.05, 3.63) is 60.2 Å². The Morgan fingerprint density at radius 2 is 1.72 bits per heavy atom. The summed E-state index contributed by atoms with van der Waals surface area (Å²) in [5, 5.41) is 5.88. The maximum atomic E-state index is 14.1. The molecule has 0 aliphatic heterocycles. The second-order valence-electron chi connectivity index (χ2n) is 7.03. The Hall–Kier alpha value is -3.16. The van der Waals surface area contributed by atoms with E-state index >= 15 is 0 Å². The largest absolute Gasteiger partial charge is 0.351 e. The average molecular weight is 399 g/mol. The number of nitrogens with one attached hydrogen (secondary N) is 2. The molecule has 2 N–H and O–H groups in total. The number of rotatable bonds is 5. The summed E-state index contributed by atoms with van der Waals surface area (Å²) in [7, 11) is 0. The van der Waals surface area contributed by atoms with E-state index in [0.29, 0.717) is 11.6 Å². The van der Waals surface area contributed by atoms with E-state index in [4.69, 9.17) is 0 Å². The molecule has 4 rings (SSSR count). The summed E-state index contributed by atoms with van der Waals surface area (Å²) in [6, 6.07) is 6.99. The second kappa shape index (κ2) is 8.46. The maximum absolute atomic E-state index is 14.1. The van der Waals surface area contributed by atoms with Crippen LogP contribution in [-0.4, -0.2) is 21.0 Å². The molecule has 0 spiro atoms. The minimum absolute atomic E-state index is 0.153. The number of nitrogens with zero attached hydrogens (tertiary/aromatic N) is 3. The van der Waals surface area contributed by atoms with Crippen molar-refractivity contribution in [1.82, 2.24) is 15.0 Å². The number of halogens is 3. The SMILES string of the molecule is Fc1ccc(F)c(Nc2cc(-c3cccnc3)nc(NC3CCCCC3)n2)c1F. The van der Waals surface area contributed by atoms with E-state index in [1.54, 1.807) is 24.5 Å². The first kappa shape index (κ1) is 19.2. The van der Waals surface area contributed by atoms with Gasteiger partial charge in [-0.1, -0.05) is 19.3 Å². The van der Waals surface area contributed by atoms with Crippen LogP contribution in [0.2, 0.25) is 0 Å². The third kappa shape index (κ3) is 4.47. The summed E-state index contributed by atoms with van der Waals surface area (Å²) in [5.41, 5.74) is 0.667. The molecule has 0 radical (unpaired) electrons. The van der Waals surface area contributed by atoms with Crippen LogP contribution in [0, 0.1) is 17.5 Å². The van der Waals surface area contributed by atoms with Crippen LogP contribution < -0.4 is 10.6 Å². The molecule has 0 bridgehead atoms. The molecule has 1 aliphatic rings. The molecule has 29 heavy (non-hydrogen) atoms. The first-order valence-electron chi connectivity index (χ1n) is 9.56. The van der Waals surface area contributed by atoms with Gasteiger partial charge in [0.15, 0.2) is 11.6 Å². The lowest BCUT2D eigenvalue weighted by Gasteiger charge is -2.23. The quantitative estimate of drug-likeness (QED) is 0.559. The van der Waals surface area contributed by atoms with Crippen molar-refractivity contribution in [2.45, 2.75) is 38.1 Å². The highest BCUT2D eigenvalue weighted by atomic mass is 19.2. The standard InChI is InChI=1S/C21H20F3N5/c22-15-8-9-16(23)20(19(15)24)28-18-11-17(13-5-4-10-25-12-13)27-21(29-18)26-14-6-2-1-3-7-14/h4-5,8-12,14H,1-3,6-7H2,(H2,26,27,28,29). The molecule has 0 saturated heterocycles. The zero-order valence-electron chi connectivity index (χ0n) is 15.6. The fourth-order valence-electron chi connectivity index (χ4n) is 3.44. The highest BCUT2D eigenvalue weighted by Gasteiger charge is 2.18. The van der Waals surface area contributed by atoms with Gasteiger partial charge < -0.3 is 10.6 Å². The van der Waals surface area contributed by atoms with Crippen molar-refractivity contribution >= 4 is 17.5 Å². The van der Waals surface area contributed by atoms with Gasteiger partial charge in [0.05, 0.1) is 5.69 Å². The number of anilines is 3. The number of hydrogen-bond donors (Lipinski definition) is 2. The van der Waals surface area contributed by atoms with Gasteiger partial charge in [0, 0.05) is 30.1 Å². The Kier molecular flexibility index (Phi) is 5.59. The molecular formula is C21H20F3N5. The molecule has 1 fully saturated rings. The smallest absolute Gasteiger partial charge is 0.225 e. The lowest BCUT2D eigenvalue weighted by molar-refractivity contribution is 0.461. The van der Waals surface area contributed by atoms with Gasteiger partial charge in [-0.15, -0.1) is 0 Å². The monoisotopic (exact) mass is 399 g/mol. The lowest BCUT2D eigenvalue weighted by atomic mass is 9.96. The summed E-state index contributed by atoms with van der Waals surface area (Å²) in [6.07, 6.45) is 8.77. The van der Waals surface area contributed by atoms with Crippen LogP contribution >= 0.6 is 0 Å². The fraction of sp³-hybridized carbons (Fsp3) is 0.286. The predicted molar refractivity (Wildman–Crippen MR) is 105 cm³/mol. The average Bonchev–Trinajstić information content (AvgIpc) is 2.75. The number of hydrogen-bond acceptors (Lipinski definition) is 5. The molecule has 1 aliphatic carbocycles. The second-order valence-corrected chi connectivity index (χ2v) is 7.03. The number of aromatic nitrogens is 3. The first-order valence-corrected chi connectivity index (χ1v) is 9.56. The summed E-state index contributed by atoms with van der Waals surface area (Å²) >= 11 is 0. The Morgan fingerprint density at radius 1 is 0.931 bits per heavy atom. The van der Waals surface area contributed by atoms with E-state index in [1.165, 1.54) is 6.42 Å². The molecule has 5 nitrogen and oxygen atoms in total. The predicted octanol–water partition coefficient (Wildman–Crippen LogP) is 5.44. The van der Waals surface area contributed by atoms with E-state index in [1.807, 2.05) is 6.07 Å². The molecule has 8 heteroatoms. The van der Waals surface area contributed by atoms with Crippen LogP contribution in [0.15, 0.2) is 42.7 Å². The Balaban J connectivity index is 1.70. The van der Waals surface area contributed by atoms with Crippen molar-refractivity contribution in [3.63, 3.8) is 0 Å². The van der Waals surface area contributed by atoms with E-state index < -0.39 is 23.1 Å². The third-order valence-corrected chi connectivity index (χ3v) is 4.92. The van der Waals surface area contributed by atoms with Gasteiger partial charge in [-0.25, -0.2) is 18.2 Å². The van der Waals surface area contributed by atoms with E-state index in [9.17, 15) is 13.2 Å². The highest BCUT2D eigenvalue weighted by molar-refractivity contribution is 5.67. The minimum atomic E-state index is -1.30. The van der Waals surface area contributed by atoms with Crippen molar-refractivity contribution in [1.29, 1.82) is 0 Å². The van der Waals surface area contributed by atoms with Gasteiger partial charge in [0.2, 0.25) is 5.95 Å². The summed E-state index contributed by atoms with van der Waals surface area (Å²) in [6.45, 7) is 0. The minimum Gasteiger partial charge on any atom is -0.351 e. The van der Waals surface area contributed by atoms with Crippen LogP contribution in [0.4, 0.5) is 30.6 Å². The Bertz CT molecular complexity index is 991. The summed E-state index contributed by atoms with van der Waals surface area (Å²) in [5.74, 6) is -2.85. The normalized spacial score (nSPS) is 14.6. The van der Waals surface area contributed by atoms with Crippen LogP contribution in [0.5, 0.6) is 0 Å². The molecule has 2 aromatic heterocycles. The summed E-state index contributed by atoms with van der Waals surface area (Å²) < 4.78 is 41.7. The van der Waals surface area contributed by atoms with Gasteiger partial charge in [0.1, 0.15) is 17.3 Å². The van der Waals surface area contributed by atoms with Crippen LogP contribution in [0.3, 0.4) is 0 Å². The van der Waals surface area contributed by atoms with Crippen LogP contribution in [-0.2, 0) is 0 Å². The van der Waals surface area contributed by atoms with Crippen LogP contribution in [0.1, 0.15) is 32.1 Å². The third-order valence-electron chi connectivity index (χ3n) is 4.92. The molecule has 0 amide bonds. The Labute approximate surface area is 166 Å². The van der Waals surface area contributed by atoms with Gasteiger partial charge in [-0.05, 0) is 37.1 Å². The van der Waals surface area contributed by atoms with E-state index in [0.717, 1.165) is 43.4 Å². The zero-order chi connectivity index (χ0) is 20.2. The van der Waals surface area contributed by atoms with Gasteiger partial charge in [-0.2, -0.15) is 4.98 Å². The van der Waals surface area contributed by atoms with Gasteiger partial charge in [0.25, 0.3) is 0 Å². The van der Waals surface area contributed by atoms with Crippen molar-refractivity contribution in [2.24, 2.45) is 0 Å². The maximum Gasteiger partial charge on any atom is 0.225 e. The molecular weight excluding hydrogens is 379 g/mol. The van der Waals surface area contributed by atoms with E-state index in [-0.39, 0.29) is 11.9 Å². The molecule has 2 heterocycles. The van der Waals surface area contributed by atoms with Crippen LogP contribution in [0.25, 0.3) is 11.3 Å². The topological polar surface area (TPSA) is 62.7 Å². The molecule has 3 aromatic rings. The molecule has 1 saturated carbocycles. The Morgan fingerprint density at radius 3 is 2.48 bits per heavy atom. The number of pyridine rings is 1. The molecule has 0 unspecified atom stereocenters. The molecule has 0 atom stereocenters. The first-order chi connectivity index (χ1) is 14.1. The van der Waals surface area contributed by atoms with Crippen molar-refractivity contribution in [2.75, 3.05) is 10.6 Å². The van der Waals surface area contributed by atoms with Gasteiger partial charge >= 0.3 is 0 Å². The molecule has 150 valence electrons. The highest BCUT2D eigenvalue weighted by Crippen LogP contribution is 2.28. The lowest BCUT2D eigenvalue weighted by Crippen LogP contribution is -2.23. The zero-order valence-corrected chi connectivity index (χ0v) is 15.6. The number of benzene rings is 1. The fourth-order valence-corrected chi connectivity index (χ4v) is 3.44. The van der Waals surface area contributed by atoms with Crippen molar-refractivity contribution in [3.8, 4) is 11.3 Å². The molecule has 1 aromatic carbocycles. The summed E-state index contributed by atoms with van der Waals surface area (Å²) in [4.78, 5) is 13.0.